The molecule has 6 heteroatoms. The van der Waals surface area contributed by atoms with Crippen LogP contribution in [-0.2, 0) is 4.74 Å². The van der Waals surface area contributed by atoms with Crippen LogP contribution in [0.5, 0.6) is 0 Å². The van der Waals surface area contributed by atoms with E-state index in [4.69, 9.17) is 4.74 Å². The Morgan fingerprint density at radius 2 is 2.00 bits per heavy atom. The first kappa shape index (κ1) is 16.3. The summed E-state index contributed by atoms with van der Waals surface area (Å²) in [6.45, 7) is 3.88. The molecule has 4 heterocycles. The molecule has 0 aromatic carbocycles. The van der Waals surface area contributed by atoms with Gasteiger partial charge in [0, 0.05) is 36.2 Å². The summed E-state index contributed by atoms with van der Waals surface area (Å²) >= 11 is 1.74. The molecule has 0 bridgehead atoms. The Kier molecular flexibility index (Phi) is 4.83. The number of hydrogen-bond acceptors (Lipinski definition) is 4. The van der Waals surface area contributed by atoms with Gasteiger partial charge in [0.1, 0.15) is 5.69 Å². The molecule has 1 fully saturated rings. The number of amides is 1. The van der Waals surface area contributed by atoms with Crippen molar-refractivity contribution < 1.29 is 9.53 Å². The standard InChI is InChI=1S/C19H21N3O2S/c23-19(16-6-1-4-15-5-2-8-22(15)16)20-14-17(18-7-3-13-25-18)21-9-11-24-12-10-21/h1-8,13,17H,9-12,14H2,(H,20,23). The highest BCUT2D eigenvalue weighted by Crippen LogP contribution is 2.25. The predicted molar refractivity (Wildman–Crippen MR) is 99.2 cm³/mol. The van der Waals surface area contributed by atoms with Gasteiger partial charge in [-0.25, -0.2) is 0 Å². The maximum absolute atomic E-state index is 12.7. The Bertz CT molecular complexity index is 837. The number of carbonyl (C=O) groups excluding carboxylic acids is 1. The number of nitrogens with one attached hydrogen (secondary N) is 1. The number of hydrogen-bond donors (Lipinski definition) is 1. The van der Waals surface area contributed by atoms with E-state index in [2.05, 4.69) is 27.7 Å². The third-order valence-electron chi connectivity index (χ3n) is 4.61. The average Bonchev–Trinajstić information content (AvgIpc) is 3.34. The molecule has 1 unspecified atom stereocenters. The molecule has 130 valence electrons. The van der Waals surface area contributed by atoms with Crippen LogP contribution in [0, 0.1) is 0 Å². The van der Waals surface area contributed by atoms with E-state index in [1.807, 2.05) is 40.9 Å². The number of morpholine rings is 1. The summed E-state index contributed by atoms with van der Waals surface area (Å²) in [6, 6.07) is 14.1. The lowest BCUT2D eigenvalue weighted by Crippen LogP contribution is -2.43. The minimum atomic E-state index is -0.0448. The van der Waals surface area contributed by atoms with E-state index in [-0.39, 0.29) is 11.9 Å². The quantitative estimate of drug-likeness (QED) is 0.765. The number of aromatic nitrogens is 1. The van der Waals surface area contributed by atoms with Gasteiger partial charge in [-0.15, -0.1) is 11.3 Å². The minimum absolute atomic E-state index is 0.0448. The lowest BCUT2D eigenvalue weighted by atomic mass is 10.2. The molecular formula is C19H21N3O2S. The molecule has 0 spiro atoms. The Hall–Kier alpha value is -2.15. The number of nitrogens with zero attached hydrogens (tertiary/aromatic N) is 2. The van der Waals surface area contributed by atoms with Crippen molar-refractivity contribution in [2.45, 2.75) is 6.04 Å². The Balaban J connectivity index is 1.50. The molecule has 1 amide bonds. The van der Waals surface area contributed by atoms with Gasteiger partial charge >= 0.3 is 0 Å². The fourth-order valence-corrected chi connectivity index (χ4v) is 4.17. The molecule has 0 aliphatic carbocycles. The van der Waals surface area contributed by atoms with Crippen LogP contribution in [0.1, 0.15) is 21.4 Å². The smallest absolute Gasteiger partial charge is 0.268 e. The fourth-order valence-electron chi connectivity index (χ4n) is 3.31. The number of thiophene rings is 1. The van der Waals surface area contributed by atoms with E-state index < -0.39 is 0 Å². The zero-order valence-electron chi connectivity index (χ0n) is 13.9. The van der Waals surface area contributed by atoms with Gasteiger partial charge < -0.3 is 14.5 Å². The summed E-state index contributed by atoms with van der Waals surface area (Å²) < 4.78 is 7.39. The molecule has 1 saturated heterocycles. The fraction of sp³-hybridized carbons (Fsp3) is 0.316. The molecule has 1 aliphatic rings. The maximum Gasteiger partial charge on any atom is 0.268 e. The van der Waals surface area contributed by atoms with Crippen LogP contribution in [0.3, 0.4) is 0 Å². The van der Waals surface area contributed by atoms with Crippen molar-refractivity contribution in [2.24, 2.45) is 0 Å². The number of fused-ring (bicyclic) bond motifs is 1. The van der Waals surface area contributed by atoms with Crippen LogP contribution >= 0.6 is 11.3 Å². The first-order valence-corrected chi connectivity index (χ1v) is 9.40. The molecule has 1 N–H and O–H groups in total. The van der Waals surface area contributed by atoms with Gasteiger partial charge in [0.15, 0.2) is 0 Å². The summed E-state index contributed by atoms with van der Waals surface area (Å²) in [5, 5.41) is 5.22. The Morgan fingerprint density at radius 1 is 1.16 bits per heavy atom. The normalized spacial score (nSPS) is 16.8. The van der Waals surface area contributed by atoms with Crippen molar-refractivity contribution >= 4 is 22.8 Å². The van der Waals surface area contributed by atoms with E-state index in [9.17, 15) is 4.79 Å². The summed E-state index contributed by atoms with van der Waals surface area (Å²) in [6.07, 6.45) is 1.92. The second kappa shape index (κ2) is 7.39. The van der Waals surface area contributed by atoms with Crippen LogP contribution in [0.15, 0.2) is 54.0 Å². The van der Waals surface area contributed by atoms with Crippen molar-refractivity contribution in [3.8, 4) is 0 Å². The first-order valence-electron chi connectivity index (χ1n) is 8.52. The second-order valence-corrected chi connectivity index (χ2v) is 7.08. The van der Waals surface area contributed by atoms with Crippen LogP contribution in [0.4, 0.5) is 0 Å². The zero-order valence-corrected chi connectivity index (χ0v) is 14.7. The van der Waals surface area contributed by atoms with Gasteiger partial charge in [0.2, 0.25) is 0 Å². The highest BCUT2D eigenvalue weighted by atomic mass is 32.1. The lowest BCUT2D eigenvalue weighted by Gasteiger charge is -2.34. The number of ether oxygens (including phenoxy) is 1. The van der Waals surface area contributed by atoms with Crippen LogP contribution in [-0.4, -0.2) is 48.1 Å². The molecule has 4 rings (SSSR count). The highest BCUT2D eigenvalue weighted by Gasteiger charge is 2.24. The maximum atomic E-state index is 12.7. The summed E-state index contributed by atoms with van der Waals surface area (Å²) in [4.78, 5) is 16.4. The highest BCUT2D eigenvalue weighted by molar-refractivity contribution is 7.10. The molecule has 1 aliphatic heterocycles. The van der Waals surface area contributed by atoms with Gasteiger partial charge in [-0.1, -0.05) is 12.1 Å². The third kappa shape index (κ3) is 3.46. The van der Waals surface area contributed by atoms with Crippen LogP contribution in [0.2, 0.25) is 0 Å². The molecule has 5 nitrogen and oxygen atoms in total. The second-order valence-electron chi connectivity index (χ2n) is 6.10. The molecule has 3 aromatic rings. The van der Waals surface area contributed by atoms with Gasteiger partial charge in [-0.05, 0) is 35.7 Å². The number of pyridine rings is 1. The minimum Gasteiger partial charge on any atom is -0.379 e. The lowest BCUT2D eigenvalue weighted by molar-refractivity contribution is 0.0169. The van der Waals surface area contributed by atoms with Gasteiger partial charge in [-0.3, -0.25) is 9.69 Å². The molecule has 3 aromatic heterocycles. The third-order valence-corrected chi connectivity index (χ3v) is 5.58. The van der Waals surface area contributed by atoms with Crippen molar-refractivity contribution in [1.82, 2.24) is 14.6 Å². The van der Waals surface area contributed by atoms with Crippen molar-refractivity contribution in [1.29, 1.82) is 0 Å². The van der Waals surface area contributed by atoms with Crippen LogP contribution in [0.25, 0.3) is 5.52 Å². The summed E-state index contributed by atoms with van der Waals surface area (Å²) in [5.41, 5.74) is 1.69. The first-order chi connectivity index (χ1) is 12.3. The van der Waals surface area contributed by atoms with Crippen molar-refractivity contribution in [3.63, 3.8) is 0 Å². The van der Waals surface area contributed by atoms with Gasteiger partial charge in [-0.2, -0.15) is 0 Å². The van der Waals surface area contributed by atoms with Crippen molar-refractivity contribution in [3.05, 3.63) is 64.6 Å². The van der Waals surface area contributed by atoms with E-state index in [1.54, 1.807) is 11.3 Å². The predicted octanol–water partition coefficient (Wildman–Crippen LogP) is 2.80. The molecule has 25 heavy (non-hydrogen) atoms. The van der Waals surface area contributed by atoms with Gasteiger partial charge in [0.25, 0.3) is 5.91 Å². The number of rotatable bonds is 5. The molecule has 1 atom stereocenters. The Labute approximate surface area is 150 Å². The molecule has 0 saturated carbocycles. The Morgan fingerprint density at radius 3 is 2.80 bits per heavy atom. The molecule has 0 radical (unpaired) electrons. The molecular weight excluding hydrogens is 334 g/mol. The van der Waals surface area contributed by atoms with E-state index in [0.29, 0.717) is 12.2 Å². The van der Waals surface area contributed by atoms with Crippen molar-refractivity contribution in [2.75, 3.05) is 32.8 Å². The topological polar surface area (TPSA) is 46.0 Å². The largest absolute Gasteiger partial charge is 0.379 e. The average molecular weight is 355 g/mol. The summed E-state index contributed by atoms with van der Waals surface area (Å²) in [5.74, 6) is -0.0448. The van der Waals surface area contributed by atoms with E-state index >= 15 is 0 Å². The van der Waals surface area contributed by atoms with E-state index in [1.165, 1.54) is 4.88 Å². The summed E-state index contributed by atoms with van der Waals surface area (Å²) in [7, 11) is 0. The van der Waals surface area contributed by atoms with E-state index in [0.717, 1.165) is 31.8 Å². The monoisotopic (exact) mass is 355 g/mol. The van der Waals surface area contributed by atoms with Gasteiger partial charge in [0.05, 0.1) is 19.3 Å². The number of carbonyl (C=O) groups is 1. The zero-order chi connectivity index (χ0) is 17.1. The van der Waals surface area contributed by atoms with Crippen LogP contribution < -0.4 is 5.32 Å². The SMILES string of the molecule is O=C(NCC(c1cccs1)N1CCOCC1)c1cccc2cccn12.